The van der Waals surface area contributed by atoms with Gasteiger partial charge >= 0.3 is 0 Å². The SMILES string of the molecule is c1ccc(-c2nc(-c3cc(-c4ccccc4-c4ccccc4)cc(-c4cccc5c4oc4ccccc45)c3)cc(-c3cccc4ccccc34)n2)cc1. The molecule has 0 aliphatic rings. The highest BCUT2D eigenvalue weighted by atomic mass is 16.3. The molecule has 10 rings (SSSR count). The third-order valence-electron chi connectivity index (χ3n) is 10.1. The zero-order valence-corrected chi connectivity index (χ0v) is 28.8. The van der Waals surface area contributed by atoms with Crippen molar-refractivity contribution >= 4 is 32.7 Å². The van der Waals surface area contributed by atoms with E-state index < -0.39 is 0 Å². The number of para-hydroxylation sites is 2. The monoisotopic (exact) mass is 676 g/mol. The van der Waals surface area contributed by atoms with Crippen LogP contribution in [0.4, 0.5) is 0 Å². The van der Waals surface area contributed by atoms with Gasteiger partial charge in [-0.3, -0.25) is 0 Å². The fraction of sp³-hybridized carbons (Fsp3) is 0. The van der Waals surface area contributed by atoms with Crippen LogP contribution in [0.1, 0.15) is 0 Å². The third kappa shape index (κ3) is 5.56. The minimum Gasteiger partial charge on any atom is -0.455 e. The number of hydrogen-bond donors (Lipinski definition) is 0. The quantitative estimate of drug-likeness (QED) is 0.176. The van der Waals surface area contributed by atoms with Gasteiger partial charge in [0.05, 0.1) is 11.4 Å². The molecule has 3 heteroatoms. The molecule has 0 aliphatic heterocycles. The molecule has 0 N–H and O–H groups in total. The first-order valence-corrected chi connectivity index (χ1v) is 17.9. The van der Waals surface area contributed by atoms with Crippen molar-refractivity contribution in [3.05, 3.63) is 194 Å². The van der Waals surface area contributed by atoms with Gasteiger partial charge in [0.2, 0.25) is 0 Å². The number of furan rings is 1. The Bertz CT molecular complexity index is 2940. The summed E-state index contributed by atoms with van der Waals surface area (Å²) in [5.41, 5.74) is 13.2. The van der Waals surface area contributed by atoms with E-state index in [4.69, 9.17) is 14.4 Å². The van der Waals surface area contributed by atoms with Gasteiger partial charge in [-0.15, -0.1) is 0 Å². The number of aromatic nitrogens is 2. The van der Waals surface area contributed by atoms with Crippen LogP contribution < -0.4 is 0 Å². The van der Waals surface area contributed by atoms with E-state index in [-0.39, 0.29) is 0 Å². The van der Waals surface area contributed by atoms with Crippen LogP contribution in [0.15, 0.2) is 199 Å². The van der Waals surface area contributed by atoms with E-state index in [1.807, 2.05) is 30.3 Å². The van der Waals surface area contributed by atoms with Gasteiger partial charge in [-0.1, -0.05) is 164 Å². The lowest BCUT2D eigenvalue weighted by Crippen LogP contribution is -1.97. The fourth-order valence-corrected chi connectivity index (χ4v) is 7.56. The summed E-state index contributed by atoms with van der Waals surface area (Å²) in [6, 6.07) is 68.0. The van der Waals surface area contributed by atoms with E-state index >= 15 is 0 Å². The summed E-state index contributed by atoms with van der Waals surface area (Å²) in [7, 11) is 0. The highest BCUT2D eigenvalue weighted by Crippen LogP contribution is 2.42. The van der Waals surface area contributed by atoms with Crippen LogP contribution in [0.25, 0.3) is 100.0 Å². The number of fused-ring (bicyclic) bond motifs is 4. The highest BCUT2D eigenvalue weighted by Gasteiger charge is 2.18. The normalized spacial score (nSPS) is 11.4. The van der Waals surface area contributed by atoms with E-state index in [1.165, 1.54) is 16.5 Å². The van der Waals surface area contributed by atoms with E-state index in [0.717, 1.165) is 77.7 Å². The topological polar surface area (TPSA) is 38.9 Å². The Morgan fingerprint density at radius 2 is 0.849 bits per heavy atom. The van der Waals surface area contributed by atoms with Crippen molar-refractivity contribution in [1.82, 2.24) is 9.97 Å². The van der Waals surface area contributed by atoms with E-state index in [1.54, 1.807) is 0 Å². The Morgan fingerprint density at radius 3 is 1.66 bits per heavy atom. The summed E-state index contributed by atoms with van der Waals surface area (Å²) in [5, 5.41) is 4.54. The van der Waals surface area contributed by atoms with Gasteiger partial charge in [0, 0.05) is 33.0 Å². The maximum Gasteiger partial charge on any atom is 0.160 e. The van der Waals surface area contributed by atoms with E-state index in [2.05, 4.69) is 164 Å². The van der Waals surface area contributed by atoms with Crippen LogP contribution in [0.5, 0.6) is 0 Å². The summed E-state index contributed by atoms with van der Waals surface area (Å²) in [6.07, 6.45) is 0. The second-order valence-electron chi connectivity index (χ2n) is 13.3. The van der Waals surface area contributed by atoms with Gasteiger partial charge < -0.3 is 4.42 Å². The molecule has 2 aromatic heterocycles. The fourth-order valence-electron chi connectivity index (χ4n) is 7.56. The molecular weight excluding hydrogens is 645 g/mol. The maximum atomic E-state index is 6.59. The van der Waals surface area contributed by atoms with Gasteiger partial charge in [0.15, 0.2) is 5.82 Å². The molecule has 0 saturated carbocycles. The van der Waals surface area contributed by atoms with Crippen LogP contribution in [0, 0.1) is 0 Å². The molecule has 0 unspecified atom stereocenters. The number of benzene rings is 8. The molecule has 0 radical (unpaired) electrons. The van der Waals surface area contributed by atoms with Crippen LogP contribution >= 0.6 is 0 Å². The first-order chi connectivity index (χ1) is 26.3. The zero-order valence-electron chi connectivity index (χ0n) is 28.8. The van der Waals surface area contributed by atoms with Gasteiger partial charge in [-0.05, 0) is 68.9 Å². The first-order valence-electron chi connectivity index (χ1n) is 17.9. The van der Waals surface area contributed by atoms with Crippen LogP contribution in [0.3, 0.4) is 0 Å². The smallest absolute Gasteiger partial charge is 0.160 e. The average Bonchev–Trinajstić information content (AvgIpc) is 3.63. The lowest BCUT2D eigenvalue weighted by atomic mass is 9.90. The molecule has 0 atom stereocenters. The minimum atomic E-state index is 0.682. The third-order valence-corrected chi connectivity index (χ3v) is 10.1. The Kier molecular flexibility index (Phi) is 7.47. The van der Waals surface area contributed by atoms with E-state index in [9.17, 15) is 0 Å². The van der Waals surface area contributed by atoms with Gasteiger partial charge in [0.25, 0.3) is 0 Å². The van der Waals surface area contributed by atoms with Crippen molar-refractivity contribution in [1.29, 1.82) is 0 Å². The standard InChI is InChI=1S/C50H32N2O/c1-3-15-33(16-4-1)39-21-9-10-23-41(39)36-29-37(42-25-14-27-45-44-24-11-12-28-48(44)53-49(42)45)31-38(30-36)46-32-47(52-50(51-46)35-18-5-2-6-19-35)43-26-13-20-34-17-7-8-22-40(34)43/h1-32H. The van der Waals surface area contributed by atoms with Gasteiger partial charge in [-0.2, -0.15) is 0 Å². The number of rotatable bonds is 6. The van der Waals surface area contributed by atoms with Crippen molar-refractivity contribution in [3.8, 4) is 67.3 Å². The second-order valence-corrected chi connectivity index (χ2v) is 13.3. The largest absolute Gasteiger partial charge is 0.455 e. The molecule has 10 aromatic rings. The summed E-state index contributed by atoms with van der Waals surface area (Å²) < 4.78 is 6.59. The molecule has 0 amide bonds. The van der Waals surface area contributed by atoms with Gasteiger partial charge in [-0.25, -0.2) is 9.97 Å². The molecule has 8 aromatic carbocycles. The maximum absolute atomic E-state index is 6.59. The van der Waals surface area contributed by atoms with Crippen molar-refractivity contribution in [2.75, 3.05) is 0 Å². The Balaban J connectivity index is 1.25. The van der Waals surface area contributed by atoms with Crippen molar-refractivity contribution in [2.24, 2.45) is 0 Å². The second kappa shape index (κ2) is 12.9. The first kappa shape index (κ1) is 30.7. The molecular formula is C50H32N2O. The number of nitrogens with zero attached hydrogens (tertiary/aromatic N) is 2. The molecule has 2 heterocycles. The highest BCUT2D eigenvalue weighted by molar-refractivity contribution is 6.10. The zero-order chi connectivity index (χ0) is 35.1. The Labute approximate surface area is 307 Å². The Morgan fingerprint density at radius 1 is 0.321 bits per heavy atom. The van der Waals surface area contributed by atoms with Gasteiger partial charge in [0.1, 0.15) is 11.2 Å². The van der Waals surface area contributed by atoms with Crippen LogP contribution in [-0.2, 0) is 0 Å². The molecule has 0 fully saturated rings. The molecule has 0 bridgehead atoms. The predicted molar refractivity (Wildman–Crippen MR) is 219 cm³/mol. The van der Waals surface area contributed by atoms with Crippen molar-refractivity contribution in [2.45, 2.75) is 0 Å². The average molecular weight is 677 g/mol. The molecule has 0 aliphatic carbocycles. The van der Waals surface area contributed by atoms with Crippen molar-refractivity contribution in [3.63, 3.8) is 0 Å². The van der Waals surface area contributed by atoms with Crippen LogP contribution in [-0.4, -0.2) is 9.97 Å². The summed E-state index contributed by atoms with van der Waals surface area (Å²) in [4.78, 5) is 10.5. The van der Waals surface area contributed by atoms with E-state index in [0.29, 0.717) is 5.82 Å². The van der Waals surface area contributed by atoms with Crippen molar-refractivity contribution < 1.29 is 4.42 Å². The molecule has 248 valence electrons. The number of hydrogen-bond acceptors (Lipinski definition) is 3. The predicted octanol–water partition coefficient (Wildman–Crippen LogP) is 13.5. The summed E-state index contributed by atoms with van der Waals surface area (Å²) in [6.45, 7) is 0. The van der Waals surface area contributed by atoms with Crippen LogP contribution in [0.2, 0.25) is 0 Å². The summed E-state index contributed by atoms with van der Waals surface area (Å²) >= 11 is 0. The summed E-state index contributed by atoms with van der Waals surface area (Å²) in [5.74, 6) is 0.682. The lowest BCUT2D eigenvalue weighted by molar-refractivity contribution is 0.670. The Hall–Kier alpha value is -7.10. The molecule has 0 saturated heterocycles. The lowest BCUT2D eigenvalue weighted by Gasteiger charge is -2.16. The minimum absolute atomic E-state index is 0.682. The molecule has 53 heavy (non-hydrogen) atoms. The molecule has 3 nitrogen and oxygen atoms in total. The molecule has 0 spiro atoms.